The largest absolute Gasteiger partial charge is 0.508 e. The van der Waals surface area contributed by atoms with Gasteiger partial charge in [-0.2, -0.15) is 0 Å². The van der Waals surface area contributed by atoms with Crippen molar-refractivity contribution >= 4 is 112 Å². The van der Waals surface area contributed by atoms with E-state index in [4.69, 9.17) is 25.7 Å². The number of carbonyl (C=O) groups excluding carboxylic acids is 14. The van der Waals surface area contributed by atoms with Gasteiger partial charge in [-0.1, -0.05) is 137 Å². The summed E-state index contributed by atoms with van der Waals surface area (Å²) in [4.78, 5) is 222. The number of carboxylic acid groups (broad SMARTS) is 1. The second kappa shape index (κ2) is 51.4. The number of likely N-dealkylation sites (tertiary alicyclic amines) is 1. The van der Waals surface area contributed by atoms with Gasteiger partial charge in [0.15, 0.2) is 23.2 Å². The molecule has 16 atom stereocenters. The number of hydrogen-bond donors (Lipinski definition) is 15. The number of aliphatic carboxylic acids is 1. The minimum Gasteiger partial charge on any atom is -0.508 e. The average Bonchev–Trinajstić information content (AvgIpc) is 1.61. The number of primary amides is 1. The third kappa shape index (κ3) is 30.4. The number of H-pyrrole nitrogens is 1. The molecule has 139 heavy (non-hydrogen) atoms. The number of aliphatic hydroxyl groups is 1. The number of aromatic nitrogens is 1. The zero-order valence-electron chi connectivity index (χ0n) is 78.0. The zero-order valence-corrected chi connectivity index (χ0v) is 78.9. The first-order valence-corrected chi connectivity index (χ1v) is 46.8. The van der Waals surface area contributed by atoms with Gasteiger partial charge in [0.2, 0.25) is 71.2 Å². The SMILES string of the molecule is CCCC[C@@H](C(=O)N1CCO[C@@H]1C(=O)N[C@H](C=O)CC(=O)O)N(C)C(=O)[C@H](Cc1ccccc1)N(C)C(=O)[C@H](Cc1cc(F)c(F)c(F)c1)NC(=O)CSC[C@H](NC(=O)[C@H](CCOC)NC(=O)[C@H](Cc1ccc(O)cc1)NC(=O)[C@H](Cc1c[nH]c2ccccc12)NC(=O)[C@H]1C[C@@H](O)CN1C1OC1[C@H](Cc1ccc(O)cc1)NCC(=O)C(Cc1ccccc1)N(C)C(=O)[C@@H](N)C(C)C)C(=O)NCC(N)=O. The number of benzene rings is 6. The molecule has 17 N–H and O–H groups in total. The summed E-state index contributed by atoms with van der Waals surface area (Å²) in [6.45, 7) is 3.65. The topological polar surface area (TPSA) is 548 Å². The summed E-state index contributed by atoms with van der Waals surface area (Å²) in [6.07, 6.45) is -4.27. The van der Waals surface area contributed by atoms with E-state index in [0.29, 0.717) is 64.3 Å². The number of Topliss-reactive ketones (excluding diaryl/α,β-unsaturated/α-hetero) is 1. The molecule has 42 heteroatoms. The number of ether oxygens (including phenoxy) is 3. The summed E-state index contributed by atoms with van der Waals surface area (Å²) >= 11 is 0.652. The quantitative estimate of drug-likeness (QED) is 0.0145. The molecular weight excluding hydrogens is 1830 g/mol. The number of amides is 12. The number of epoxide rings is 1. The lowest BCUT2D eigenvalue weighted by atomic mass is 9.97. The van der Waals surface area contributed by atoms with Gasteiger partial charge in [0.25, 0.3) is 5.91 Å². The normalized spacial score (nSPS) is 18.1. The Balaban J connectivity index is 0.874. The number of aliphatic hydroxyl groups excluding tert-OH is 1. The van der Waals surface area contributed by atoms with Gasteiger partial charge in [0.05, 0.1) is 62.1 Å². The summed E-state index contributed by atoms with van der Waals surface area (Å²) in [5.74, 6) is -19.7. The Kier molecular flexibility index (Phi) is 39.9. The molecule has 3 aliphatic heterocycles. The van der Waals surface area contributed by atoms with Gasteiger partial charge in [-0.3, -0.25) is 72.0 Å². The first-order chi connectivity index (χ1) is 66.3. The number of methoxy groups -OCH3 is 1. The number of fused-ring (bicyclic) bond motifs is 1. The van der Waals surface area contributed by atoms with E-state index in [9.17, 15) is 72.8 Å². The monoisotopic (exact) mass is 1950 g/mol. The number of halogens is 3. The molecule has 0 bridgehead atoms. The van der Waals surface area contributed by atoms with Crippen LogP contribution in [0.25, 0.3) is 10.9 Å². The zero-order chi connectivity index (χ0) is 101. The predicted octanol–water partition coefficient (Wildman–Crippen LogP) is 1.23. The van der Waals surface area contributed by atoms with Crippen molar-refractivity contribution in [1.29, 1.82) is 0 Å². The van der Waals surface area contributed by atoms with Crippen LogP contribution in [0.2, 0.25) is 0 Å². The molecule has 6 aromatic carbocycles. The number of nitrogens with one attached hydrogen (secondary N) is 9. The number of unbranched alkanes of at least 4 members (excludes halogenated alkanes) is 1. The van der Waals surface area contributed by atoms with Gasteiger partial charge >= 0.3 is 5.97 Å². The molecular formula is C97H121F3N16O22S. The number of likely N-dealkylation sites (N-methyl/N-ethyl adjacent to an activating group) is 3. The Morgan fingerprint density at radius 2 is 1.19 bits per heavy atom. The maximum atomic E-state index is 15.5. The smallest absolute Gasteiger partial charge is 0.305 e. The fraction of sp³-hybridized carbons (Fsp3) is 0.454. The lowest BCUT2D eigenvalue weighted by Crippen LogP contribution is -2.60. The van der Waals surface area contributed by atoms with E-state index in [2.05, 4.69) is 47.5 Å². The minimum absolute atomic E-state index is 0.000432. The Bertz CT molecular complexity index is 5440. The first kappa shape index (κ1) is 108. The summed E-state index contributed by atoms with van der Waals surface area (Å²) in [5, 5.41) is 63.6. The number of aromatic hydroxyl groups is 2. The van der Waals surface area contributed by atoms with E-state index >= 15 is 32.8 Å². The molecule has 4 heterocycles. The van der Waals surface area contributed by atoms with Crippen LogP contribution in [0.3, 0.4) is 0 Å². The molecule has 12 amide bonds. The van der Waals surface area contributed by atoms with E-state index in [0.717, 1.165) is 25.8 Å². The van der Waals surface area contributed by atoms with Crippen LogP contribution in [0, 0.1) is 23.4 Å². The fourth-order valence-electron chi connectivity index (χ4n) is 16.7. The van der Waals surface area contributed by atoms with Crippen molar-refractivity contribution in [3.8, 4) is 11.5 Å². The second-order valence-electron chi connectivity index (χ2n) is 35.1. The lowest BCUT2D eigenvalue weighted by Gasteiger charge is -2.37. The molecule has 0 radical (unpaired) electrons. The van der Waals surface area contributed by atoms with Crippen LogP contribution in [-0.2, 0) is 125 Å². The van der Waals surface area contributed by atoms with Crippen molar-refractivity contribution < 1.29 is 120 Å². The molecule has 0 aliphatic carbocycles. The number of phenols is 2. The number of aromatic amines is 1. The number of phenolic OH excluding ortho intramolecular Hbond substituents is 2. The molecule has 7 aromatic rings. The van der Waals surface area contributed by atoms with Gasteiger partial charge < -0.3 is 118 Å². The molecule has 0 saturated carbocycles. The highest BCUT2D eigenvalue weighted by Gasteiger charge is 2.55. The van der Waals surface area contributed by atoms with Crippen LogP contribution >= 0.6 is 11.8 Å². The summed E-state index contributed by atoms with van der Waals surface area (Å²) < 4.78 is 62.3. The fourth-order valence-corrected chi connectivity index (χ4v) is 17.5. The standard InChI is InChI=1S/C97H121F3N16O22S/c1-8-9-24-75(94(134)115-34-36-137-97(115)91(131)106-61(51-117)45-82(124)125)112(4)93(133)78(43-56-20-14-11-15-21-56)114(6)92(132)73(41-59-37-66(98)83(100)67(99)38-59)107-81(123)53-139-52-74(86(126)105-49-80(101)122)111-87(127)69(33-35-136-7)108-88(128)71(40-58-27-31-63(119)32-28-58)109-89(129)72(44-60-47-103-68-23-17-16-22-65(60)68)110-90(130)77-46-64(120)50-116(77)96-85(138-96)70(39-57-25-29-62(118)30-26-57)104-48-79(121)76(42-55-18-12-10-13-19-55)113(5)95(135)84(102)54(2)3/h10-23,25-32,37-38,47,51,54,61,64,69-78,84-85,96-97,103-104,118-120H,8-9,24,33-36,39-46,48-50,52-53,102H2,1-7H3,(H2,101,122)(H,105,126)(H,106,131)(H,107,123)(H,108,128)(H,109,129)(H,110,130)(H,111,127)(H,124,125)/t61-,64+,69-,70-,71-,72-,73-,74-,75-,76?,77+,78-,84-,85?,96?,97+/m0/s1. The number of carbonyl (C=O) groups is 15. The van der Waals surface area contributed by atoms with Gasteiger partial charge in [0.1, 0.15) is 72.4 Å². The molecule has 748 valence electrons. The first-order valence-electron chi connectivity index (χ1n) is 45.6. The van der Waals surface area contributed by atoms with E-state index < -0.39 is 222 Å². The van der Waals surface area contributed by atoms with Gasteiger partial charge in [-0.15, -0.1) is 11.8 Å². The number of rotatable bonds is 53. The summed E-state index contributed by atoms with van der Waals surface area (Å²) in [7, 11) is 5.29. The van der Waals surface area contributed by atoms with Crippen molar-refractivity contribution in [3.63, 3.8) is 0 Å². The average molecular weight is 1950 g/mol. The highest BCUT2D eigenvalue weighted by atomic mass is 32.2. The van der Waals surface area contributed by atoms with E-state index in [1.54, 1.807) is 98.6 Å². The van der Waals surface area contributed by atoms with E-state index in [-0.39, 0.29) is 119 Å². The molecule has 0 spiro atoms. The molecule has 3 saturated heterocycles. The third-order valence-electron chi connectivity index (χ3n) is 24.5. The van der Waals surface area contributed by atoms with Crippen LogP contribution < -0.4 is 54.0 Å². The van der Waals surface area contributed by atoms with Crippen LogP contribution in [-0.4, -0.2) is 315 Å². The van der Waals surface area contributed by atoms with E-state index in [1.807, 2.05) is 30.3 Å². The lowest BCUT2D eigenvalue weighted by molar-refractivity contribution is -0.156. The van der Waals surface area contributed by atoms with Crippen molar-refractivity contribution in [2.45, 2.75) is 195 Å². The second-order valence-corrected chi connectivity index (χ2v) is 36.1. The number of β-amino-alcohol motifs (C(OH)–C–C–N with tert-alkyl or cyclic N) is 1. The Morgan fingerprint density at radius 1 is 0.626 bits per heavy atom. The number of ketones is 1. The maximum Gasteiger partial charge on any atom is 0.305 e. The highest BCUT2D eigenvalue weighted by molar-refractivity contribution is 8.00. The molecule has 38 nitrogen and oxygen atoms in total. The number of aldehydes is 1. The number of para-hydroxylation sites is 1. The van der Waals surface area contributed by atoms with Crippen LogP contribution in [0.5, 0.6) is 11.5 Å². The maximum absolute atomic E-state index is 15.5. The van der Waals surface area contributed by atoms with Crippen molar-refractivity contribution in [2.24, 2.45) is 17.4 Å². The van der Waals surface area contributed by atoms with Crippen molar-refractivity contribution in [3.05, 3.63) is 203 Å². The number of thioether (sulfide) groups is 1. The molecule has 3 fully saturated rings. The van der Waals surface area contributed by atoms with Crippen LogP contribution in [0.1, 0.15) is 92.7 Å². The number of carboxylic acids is 1. The Morgan fingerprint density at radius 3 is 1.79 bits per heavy atom. The minimum atomic E-state index is -1.87. The van der Waals surface area contributed by atoms with Crippen LogP contribution in [0.4, 0.5) is 13.2 Å². The van der Waals surface area contributed by atoms with Crippen molar-refractivity contribution in [1.82, 2.24) is 72.0 Å². The molecule has 10 rings (SSSR count). The Labute approximate surface area is 805 Å². The van der Waals surface area contributed by atoms with Gasteiger partial charge in [-0.25, -0.2) is 13.2 Å². The molecule has 1 aromatic heterocycles. The predicted molar refractivity (Wildman–Crippen MR) is 502 cm³/mol. The number of nitrogens with zero attached hydrogens (tertiary/aromatic N) is 5. The molecule has 3 aliphatic rings. The number of nitrogens with two attached hydrogens (primary N) is 2. The van der Waals surface area contributed by atoms with E-state index in [1.165, 1.54) is 69.6 Å². The summed E-state index contributed by atoms with van der Waals surface area (Å²) in [5.41, 5.74) is 15.0. The van der Waals surface area contributed by atoms with Crippen LogP contribution in [0.15, 0.2) is 152 Å². The van der Waals surface area contributed by atoms with Crippen molar-refractivity contribution in [2.75, 3.05) is 79.2 Å². The Hall–Kier alpha value is -13.2. The molecule has 3 unspecified atom stereocenters. The highest BCUT2D eigenvalue weighted by Crippen LogP contribution is 2.37. The third-order valence-corrected chi connectivity index (χ3v) is 25.5. The summed E-state index contributed by atoms with van der Waals surface area (Å²) in [6, 6.07) is 21.0. The van der Waals surface area contributed by atoms with Gasteiger partial charge in [0, 0.05) is 103 Å². The van der Waals surface area contributed by atoms with Gasteiger partial charge in [-0.05, 0) is 114 Å². The number of hydrogen-bond acceptors (Lipinski definition) is 25.